The third kappa shape index (κ3) is 5.51. The monoisotopic (exact) mass is 288 g/mol. The van der Waals surface area contributed by atoms with E-state index in [0.29, 0.717) is 6.54 Å². The Bertz CT molecular complexity index is 390. The quantitative estimate of drug-likeness (QED) is 0.866. The second-order valence-electron chi connectivity index (χ2n) is 5.55. The van der Waals surface area contributed by atoms with Crippen molar-refractivity contribution in [1.82, 2.24) is 4.90 Å². The van der Waals surface area contributed by atoms with Crippen molar-refractivity contribution >= 4 is 0 Å². The summed E-state index contributed by atoms with van der Waals surface area (Å²) in [6.45, 7) is 4.87. The lowest BCUT2D eigenvalue weighted by molar-refractivity contribution is -0.151. The van der Waals surface area contributed by atoms with Crippen LogP contribution in [-0.4, -0.2) is 30.2 Å². The molecule has 0 radical (unpaired) electrons. The van der Waals surface area contributed by atoms with Gasteiger partial charge in [-0.05, 0) is 25.3 Å². The Hall–Kier alpha value is -1.07. The van der Waals surface area contributed by atoms with E-state index < -0.39 is 12.7 Å². The molecule has 0 bridgehead atoms. The molecule has 2 unspecified atom stereocenters. The first-order valence-corrected chi connectivity index (χ1v) is 6.82. The Morgan fingerprint density at radius 2 is 1.65 bits per heavy atom. The van der Waals surface area contributed by atoms with E-state index in [1.165, 1.54) is 4.90 Å². The number of rotatable bonds is 6. The van der Waals surface area contributed by atoms with Crippen molar-refractivity contribution < 1.29 is 13.2 Å². The minimum absolute atomic E-state index is 0.0536. The Morgan fingerprint density at radius 1 is 1.10 bits per heavy atom. The molecule has 0 saturated carbocycles. The summed E-state index contributed by atoms with van der Waals surface area (Å²) in [6, 6.07) is 9.06. The van der Waals surface area contributed by atoms with Crippen molar-refractivity contribution in [3.8, 4) is 0 Å². The van der Waals surface area contributed by atoms with Gasteiger partial charge < -0.3 is 5.73 Å². The lowest BCUT2D eigenvalue weighted by atomic mass is 9.94. The van der Waals surface area contributed by atoms with Crippen LogP contribution in [0.5, 0.6) is 0 Å². The Morgan fingerprint density at radius 3 is 2.10 bits per heavy atom. The van der Waals surface area contributed by atoms with Crippen molar-refractivity contribution in [1.29, 1.82) is 0 Å². The van der Waals surface area contributed by atoms with E-state index >= 15 is 0 Å². The molecule has 0 aliphatic heterocycles. The maximum atomic E-state index is 12.6. The molecule has 2 nitrogen and oxygen atoms in total. The van der Waals surface area contributed by atoms with Crippen LogP contribution in [-0.2, 0) is 0 Å². The highest BCUT2D eigenvalue weighted by Crippen LogP contribution is 2.23. The summed E-state index contributed by atoms with van der Waals surface area (Å²) in [5.41, 5.74) is 7.10. The van der Waals surface area contributed by atoms with Gasteiger partial charge in [-0.2, -0.15) is 13.2 Å². The molecule has 1 aromatic rings. The lowest BCUT2D eigenvalue weighted by Crippen LogP contribution is -2.43. The van der Waals surface area contributed by atoms with Gasteiger partial charge in [0.25, 0.3) is 0 Å². The Labute approximate surface area is 118 Å². The Kier molecular flexibility index (Phi) is 6.02. The lowest BCUT2D eigenvalue weighted by Gasteiger charge is -2.32. The van der Waals surface area contributed by atoms with Crippen LogP contribution in [0.2, 0.25) is 0 Å². The number of alkyl halides is 3. The van der Waals surface area contributed by atoms with Crippen molar-refractivity contribution in [3.05, 3.63) is 35.9 Å². The van der Waals surface area contributed by atoms with Crippen LogP contribution >= 0.6 is 0 Å². The maximum absolute atomic E-state index is 12.6. The predicted molar refractivity (Wildman–Crippen MR) is 75.3 cm³/mol. The Balaban J connectivity index is 2.68. The number of benzene rings is 1. The van der Waals surface area contributed by atoms with Gasteiger partial charge >= 0.3 is 6.18 Å². The van der Waals surface area contributed by atoms with Gasteiger partial charge in [0.2, 0.25) is 0 Å². The van der Waals surface area contributed by atoms with Crippen molar-refractivity contribution in [2.24, 2.45) is 11.7 Å². The van der Waals surface area contributed by atoms with Crippen molar-refractivity contribution in [2.75, 3.05) is 13.1 Å². The molecule has 0 amide bonds. The molecule has 0 heterocycles. The molecule has 0 saturated heterocycles. The summed E-state index contributed by atoms with van der Waals surface area (Å²) in [6.07, 6.45) is -4.18. The number of nitrogens with two attached hydrogens (primary N) is 1. The fraction of sp³-hybridized carbons (Fsp3) is 0.600. The smallest absolute Gasteiger partial charge is 0.324 e. The molecule has 0 aliphatic rings. The first kappa shape index (κ1) is 17.0. The van der Waals surface area contributed by atoms with Gasteiger partial charge in [-0.3, -0.25) is 4.90 Å². The van der Waals surface area contributed by atoms with Crippen LogP contribution in [0.15, 0.2) is 30.3 Å². The van der Waals surface area contributed by atoms with Crippen LogP contribution in [0.3, 0.4) is 0 Å². The summed E-state index contributed by atoms with van der Waals surface area (Å²) in [4.78, 5) is 1.42. The molecule has 2 N–H and O–H groups in total. The molecular formula is C15H23F3N2. The summed E-state index contributed by atoms with van der Waals surface area (Å²) in [5.74, 6) is -0.0536. The highest BCUT2D eigenvalue weighted by Gasteiger charge is 2.33. The van der Waals surface area contributed by atoms with Crippen LogP contribution in [0.25, 0.3) is 0 Å². The maximum Gasteiger partial charge on any atom is 0.401 e. The van der Waals surface area contributed by atoms with Crippen molar-refractivity contribution in [3.63, 3.8) is 0 Å². The summed E-state index contributed by atoms with van der Waals surface area (Å²) < 4.78 is 37.7. The molecular weight excluding hydrogens is 265 g/mol. The van der Waals surface area contributed by atoms with E-state index in [1.807, 2.05) is 37.3 Å². The standard InChI is InChI=1S/C15H23F3N2/c1-11(2)20(10-15(16,17)18)9-12(3)14(19)13-7-5-4-6-8-13/h4-8,11-12,14H,9-10,19H2,1-3H3. The van der Waals surface area contributed by atoms with Gasteiger partial charge in [-0.15, -0.1) is 0 Å². The average Bonchev–Trinajstić information content (AvgIpc) is 2.36. The molecule has 2 atom stereocenters. The van der Waals surface area contributed by atoms with Gasteiger partial charge in [0.15, 0.2) is 0 Å². The number of halogens is 3. The second-order valence-corrected chi connectivity index (χ2v) is 5.55. The third-order valence-electron chi connectivity index (χ3n) is 3.43. The molecule has 0 fully saturated rings. The molecule has 5 heteroatoms. The zero-order chi connectivity index (χ0) is 15.3. The molecule has 0 spiro atoms. The number of hydrogen-bond donors (Lipinski definition) is 1. The van der Waals surface area contributed by atoms with E-state index in [4.69, 9.17) is 5.73 Å². The van der Waals surface area contributed by atoms with Crippen LogP contribution < -0.4 is 5.73 Å². The van der Waals surface area contributed by atoms with Crippen LogP contribution in [0.1, 0.15) is 32.4 Å². The highest BCUT2D eigenvalue weighted by molar-refractivity contribution is 5.19. The summed E-state index contributed by atoms with van der Waals surface area (Å²) in [5, 5.41) is 0. The minimum atomic E-state index is -4.18. The zero-order valence-corrected chi connectivity index (χ0v) is 12.2. The summed E-state index contributed by atoms with van der Waals surface area (Å²) in [7, 11) is 0. The number of hydrogen-bond acceptors (Lipinski definition) is 2. The molecule has 1 aromatic carbocycles. The largest absolute Gasteiger partial charge is 0.401 e. The SMILES string of the molecule is CC(CN(CC(F)(F)F)C(C)C)C(N)c1ccccc1. The second kappa shape index (κ2) is 7.09. The average molecular weight is 288 g/mol. The number of nitrogens with zero attached hydrogens (tertiary/aromatic N) is 1. The predicted octanol–water partition coefficient (Wildman–Crippen LogP) is 3.60. The van der Waals surface area contributed by atoms with Gasteiger partial charge in [0.05, 0.1) is 6.54 Å². The van der Waals surface area contributed by atoms with Crippen LogP contribution in [0, 0.1) is 5.92 Å². The van der Waals surface area contributed by atoms with E-state index in [1.54, 1.807) is 13.8 Å². The third-order valence-corrected chi connectivity index (χ3v) is 3.43. The van der Waals surface area contributed by atoms with Crippen LogP contribution in [0.4, 0.5) is 13.2 Å². The molecule has 114 valence electrons. The van der Waals surface area contributed by atoms with Gasteiger partial charge in [0.1, 0.15) is 0 Å². The van der Waals surface area contributed by atoms with E-state index in [9.17, 15) is 13.2 Å². The normalized spacial score (nSPS) is 15.7. The fourth-order valence-corrected chi connectivity index (χ4v) is 2.18. The first-order valence-electron chi connectivity index (χ1n) is 6.82. The van der Waals surface area contributed by atoms with Gasteiger partial charge in [-0.1, -0.05) is 37.3 Å². The van der Waals surface area contributed by atoms with E-state index in [0.717, 1.165) is 5.56 Å². The molecule has 20 heavy (non-hydrogen) atoms. The topological polar surface area (TPSA) is 29.3 Å². The van der Waals surface area contributed by atoms with Crippen molar-refractivity contribution in [2.45, 2.75) is 39.0 Å². The molecule has 0 aromatic heterocycles. The van der Waals surface area contributed by atoms with E-state index in [-0.39, 0.29) is 18.0 Å². The fourth-order valence-electron chi connectivity index (χ4n) is 2.18. The zero-order valence-electron chi connectivity index (χ0n) is 12.2. The minimum Gasteiger partial charge on any atom is -0.324 e. The van der Waals surface area contributed by atoms with E-state index in [2.05, 4.69) is 0 Å². The molecule has 0 aliphatic carbocycles. The first-order chi connectivity index (χ1) is 9.20. The van der Waals surface area contributed by atoms with Gasteiger partial charge in [0, 0.05) is 18.6 Å². The molecule has 1 rings (SSSR count). The van der Waals surface area contributed by atoms with Gasteiger partial charge in [-0.25, -0.2) is 0 Å². The summed E-state index contributed by atoms with van der Waals surface area (Å²) >= 11 is 0. The highest BCUT2D eigenvalue weighted by atomic mass is 19.4.